The summed E-state index contributed by atoms with van der Waals surface area (Å²) < 4.78 is 0. The van der Waals surface area contributed by atoms with Crippen LogP contribution in [0, 0.1) is 0 Å². The Morgan fingerprint density at radius 1 is 0.840 bits per heavy atom. The molecule has 0 heterocycles. The Kier molecular flexibility index (Phi) is 5.35. The number of carbonyl (C=O) groups is 1. The molecule has 0 radical (unpaired) electrons. The minimum absolute atomic E-state index is 0.168. The van der Waals surface area contributed by atoms with Crippen LogP contribution in [0.15, 0.2) is 84.9 Å². The highest BCUT2D eigenvalue weighted by molar-refractivity contribution is 6.30. The van der Waals surface area contributed by atoms with Gasteiger partial charge in [-0.3, -0.25) is 4.79 Å². The van der Waals surface area contributed by atoms with E-state index in [1.807, 2.05) is 72.8 Å². The van der Waals surface area contributed by atoms with Gasteiger partial charge in [-0.15, -0.1) is 0 Å². The summed E-state index contributed by atoms with van der Waals surface area (Å²) in [5.41, 5.74) is 2.84. The van der Waals surface area contributed by atoms with E-state index in [1.54, 1.807) is 0 Å². The van der Waals surface area contributed by atoms with Crippen molar-refractivity contribution in [1.82, 2.24) is 0 Å². The van der Waals surface area contributed by atoms with E-state index >= 15 is 0 Å². The SMILES string of the molecule is CC(CC(=O)c1ccccc1)(Cc1ccc(Cl)cc1)c1ccccc1. The van der Waals surface area contributed by atoms with Gasteiger partial charge in [0.25, 0.3) is 0 Å². The number of rotatable bonds is 6. The van der Waals surface area contributed by atoms with Gasteiger partial charge in [0, 0.05) is 22.4 Å². The molecule has 0 fully saturated rings. The molecular weight excluding hydrogens is 328 g/mol. The van der Waals surface area contributed by atoms with E-state index in [9.17, 15) is 4.79 Å². The molecule has 0 amide bonds. The summed E-state index contributed by atoms with van der Waals surface area (Å²) in [4.78, 5) is 12.9. The lowest BCUT2D eigenvalue weighted by Crippen LogP contribution is -2.28. The summed E-state index contributed by atoms with van der Waals surface area (Å²) in [5.74, 6) is 0.168. The van der Waals surface area contributed by atoms with E-state index in [0.29, 0.717) is 6.42 Å². The van der Waals surface area contributed by atoms with E-state index in [4.69, 9.17) is 11.6 Å². The Morgan fingerprint density at radius 3 is 2.00 bits per heavy atom. The molecule has 1 unspecified atom stereocenters. The molecule has 1 nitrogen and oxygen atoms in total. The zero-order valence-corrected chi connectivity index (χ0v) is 15.0. The third-order valence-electron chi connectivity index (χ3n) is 4.62. The molecule has 0 N–H and O–H groups in total. The molecule has 3 rings (SSSR count). The highest BCUT2D eigenvalue weighted by Gasteiger charge is 2.30. The van der Waals surface area contributed by atoms with E-state index in [-0.39, 0.29) is 11.2 Å². The molecular formula is C23H21ClO. The largest absolute Gasteiger partial charge is 0.294 e. The Hall–Kier alpha value is -2.38. The first kappa shape index (κ1) is 17.4. The summed E-state index contributed by atoms with van der Waals surface area (Å²) in [6, 6.07) is 27.7. The monoisotopic (exact) mass is 348 g/mol. The van der Waals surface area contributed by atoms with Gasteiger partial charge in [0.05, 0.1) is 0 Å². The number of benzene rings is 3. The summed E-state index contributed by atoms with van der Waals surface area (Å²) >= 11 is 6.01. The van der Waals surface area contributed by atoms with Crippen molar-refractivity contribution in [2.24, 2.45) is 0 Å². The molecule has 1 atom stereocenters. The van der Waals surface area contributed by atoms with Crippen molar-refractivity contribution < 1.29 is 4.79 Å². The number of hydrogen-bond donors (Lipinski definition) is 0. The first-order chi connectivity index (χ1) is 12.1. The second-order valence-electron chi connectivity index (χ2n) is 6.70. The Bertz CT molecular complexity index is 825. The van der Waals surface area contributed by atoms with Gasteiger partial charge < -0.3 is 0 Å². The van der Waals surface area contributed by atoms with E-state index in [2.05, 4.69) is 19.1 Å². The maximum Gasteiger partial charge on any atom is 0.163 e. The first-order valence-electron chi connectivity index (χ1n) is 8.45. The fourth-order valence-corrected chi connectivity index (χ4v) is 3.37. The van der Waals surface area contributed by atoms with Crippen LogP contribution in [-0.4, -0.2) is 5.78 Å². The van der Waals surface area contributed by atoms with E-state index < -0.39 is 0 Å². The summed E-state index contributed by atoms with van der Waals surface area (Å²) in [7, 11) is 0. The van der Waals surface area contributed by atoms with Gasteiger partial charge in [-0.05, 0) is 29.7 Å². The molecule has 3 aromatic rings. The molecule has 0 saturated heterocycles. The molecule has 0 aliphatic carbocycles. The van der Waals surface area contributed by atoms with Crippen LogP contribution >= 0.6 is 11.6 Å². The highest BCUT2D eigenvalue weighted by Crippen LogP contribution is 2.33. The molecule has 0 bridgehead atoms. The van der Waals surface area contributed by atoms with Crippen LogP contribution in [0.5, 0.6) is 0 Å². The van der Waals surface area contributed by atoms with Crippen molar-refractivity contribution in [3.8, 4) is 0 Å². The van der Waals surface area contributed by atoms with Gasteiger partial charge in [-0.25, -0.2) is 0 Å². The van der Waals surface area contributed by atoms with Crippen LogP contribution < -0.4 is 0 Å². The topological polar surface area (TPSA) is 17.1 Å². The standard InChI is InChI=1S/C23H21ClO/c1-23(20-10-6-3-7-11-20,16-18-12-14-21(24)15-13-18)17-22(25)19-8-4-2-5-9-19/h2-15H,16-17H2,1H3. The Labute approximate surface area is 154 Å². The lowest BCUT2D eigenvalue weighted by molar-refractivity contribution is 0.0953. The van der Waals surface area contributed by atoms with Crippen molar-refractivity contribution in [1.29, 1.82) is 0 Å². The van der Waals surface area contributed by atoms with Gasteiger partial charge in [0.1, 0.15) is 0 Å². The van der Waals surface area contributed by atoms with Crippen molar-refractivity contribution in [2.75, 3.05) is 0 Å². The fraction of sp³-hybridized carbons (Fsp3) is 0.174. The van der Waals surface area contributed by atoms with Crippen LogP contribution in [0.4, 0.5) is 0 Å². The lowest BCUT2D eigenvalue weighted by atomic mass is 9.73. The van der Waals surface area contributed by atoms with Crippen molar-refractivity contribution in [3.63, 3.8) is 0 Å². The summed E-state index contributed by atoms with van der Waals surface area (Å²) in [5, 5.41) is 0.727. The average molecular weight is 349 g/mol. The fourth-order valence-electron chi connectivity index (χ4n) is 3.24. The third kappa shape index (κ3) is 4.37. The number of carbonyl (C=O) groups excluding carboxylic acids is 1. The number of Topliss-reactive ketones (excluding diaryl/α,β-unsaturated/α-hetero) is 1. The predicted molar refractivity (Wildman–Crippen MR) is 104 cm³/mol. The van der Waals surface area contributed by atoms with Crippen LogP contribution in [0.1, 0.15) is 34.8 Å². The van der Waals surface area contributed by atoms with Crippen LogP contribution in [0.2, 0.25) is 5.02 Å². The average Bonchev–Trinajstić information content (AvgIpc) is 2.65. The van der Waals surface area contributed by atoms with Crippen molar-refractivity contribution in [3.05, 3.63) is 107 Å². The van der Waals surface area contributed by atoms with Gasteiger partial charge >= 0.3 is 0 Å². The summed E-state index contributed by atoms with van der Waals surface area (Å²) in [6.45, 7) is 2.16. The summed E-state index contributed by atoms with van der Waals surface area (Å²) in [6.07, 6.45) is 1.25. The van der Waals surface area contributed by atoms with E-state index in [0.717, 1.165) is 17.0 Å². The highest BCUT2D eigenvalue weighted by atomic mass is 35.5. The molecule has 0 saturated carbocycles. The quantitative estimate of drug-likeness (QED) is 0.491. The molecule has 126 valence electrons. The van der Waals surface area contributed by atoms with Crippen molar-refractivity contribution >= 4 is 17.4 Å². The van der Waals surface area contributed by atoms with Crippen LogP contribution in [0.25, 0.3) is 0 Å². The van der Waals surface area contributed by atoms with Gasteiger partial charge in [0.2, 0.25) is 0 Å². The van der Waals surface area contributed by atoms with Crippen LogP contribution in [0.3, 0.4) is 0 Å². The second kappa shape index (κ2) is 7.67. The first-order valence-corrected chi connectivity index (χ1v) is 8.83. The smallest absolute Gasteiger partial charge is 0.163 e. The molecule has 0 aliphatic heterocycles. The lowest BCUT2D eigenvalue weighted by Gasteiger charge is -2.30. The van der Waals surface area contributed by atoms with E-state index in [1.165, 1.54) is 11.1 Å². The minimum Gasteiger partial charge on any atom is -0.294 e. The maximum atomic E-state index is 12.9. The van der Waals surface area contributed by atoms with Crippen molar-refractivity contribution in [2.45, 2.75) is 25.2 Å². The number of hydrogen-bond acceptors (Lipinski definition) is 1. The van der Waals surface area contributed by atoms with Crippen LogP contribution in [-0.2, 0) is 11.8 Å². The molecule has 25 heavy (non-hydrogen) atoms. The van der Waals surface area contributed by atoms with Gasteiger partial charge in [0.15, 0.2) is 5.78 Å². The Balaban J connectivity index is 1.92. The molecule has 3 aromatic carbocycles. The number of halogens is 1. The molecule has 0 spiro atoms. The normalized spacial score (nSPS) is 13.2. The zero-order chi connectivity index (χ0) is 17.7. The zero-order valence-electron chi connectivity index (χ0n) is 14.3. The second-order valence-corrected chi connectivity index (χ2v) is 7.13. The molecule has 0 aromatic heterocycles. The minimum atomic E-state index is -0.276. The van der Waals surface area contributed by atoms with Gasteiger partial charge in [-0.2, -0.15) is 0 Å². The Morgan fingerprint density at radius 2 is 1.40 bits per heavy atom. The molecule has 0 aliphatic rings. The predicted octanol–water partition coefficient (Wildman–Crippen LogP) is 6.11. The van der Waals surface area contributed by atoms with Gasteiger partial charge in [-0.1, -0.05) is 91.3 Å². The molecule has 2 heteroatoms. The maximum absolute atomic E-state index is 12.9. The third-order valence-corrected chi connectivity index (χ3v) is 4.88. The number of ketones is 1.